The molecule has 0 bridgehead atoms. The van der Waals surface area contributed by atoms with Gasteiger partial charge in [0.2, 0.25) is 0 Å². The van der Waals surface area contributed by atoms with Gasteiger partial charge in [-0.25, -0.2) is 0 Å². The van der Waals surface area contributed by atoms with Crippen molar-refractivity contribution in [1.29, 1.82) is 0 Å². The van der Waals surface area contributed by atoms with E-state index in [9.17, 15) is 0 Å². The molecule has 0 aliphatic heterocycles. The molecule has 0 aliphatic carbocycles. The van der Waals surface area contributed by atoms with Crippen LogP contribution in [0.15, 0.2) is 72.1 Å². The van der Waals surface area contributed by atoms with E-state index in [4.69, 9.17) is 0 Å². The maximum Gasteiger partial charge on any atom is 0.0342 e. The molecule has 0 spiro atoms. The van der Waals surface area contributed by atoms with Crippen LogP contribution in [0, 0.1) is 0 Å². The first kappa shape index (κ1) is 11.7. The molecule has 0 unspecified atom stereocenters. The van der Waals surface area contributed by atoms with E-state index in [1.807, 2.05) is 0 Å². The Morgan fingerprint density at radius 3 is 2.65 bits per heavy atom. The Kier molecular flexibility index (Phi) is 2.79. The summed E-state index contributed by atoms with van der Waals surface area (Å²) < 4.78 is 1.37. The number of thiophene rings is 1. The molecule has 0 fully saturated rings. The van der Waals surface area contributed by atoms with Crippen molar-refractivity contribution in [2.75, 3.05) is 0 Å². The van der Waals surface area contributed by atoms with Gasteiger partial charge in [-0.3, -0.25) is 0 Å². The summed E-state index contributed by atoms with van der Waals surface area (Å²) in [6.07, 6.45) is 0.993. The highest BCUT2D eigenvalue weighted by Gasteiger charge is 2.03. The standard InChI is InChI=1S/C19H14S/c1-2-7-18-15(4-1)5-3-6-16(18)12-14-8-9-19-17(13-14)10-11-20-19/h1-11,13H,12H2. The lowest BCUT2D eigenvalue weighted by molar-refractivity contribution is 1.22. The third-order valence-electron chi connectivity index (χ3n) is 3.79. The van der Waals surface area contributed by atoms with E-state index in [0.29, 0.717) is 0 Å². The molecule has 0 saturated carbocycles. The lowest BCUT2D eigenvalue weighted by Gasteiger charge is -2.07. The number of rotatable bonds is 2. The molecule has 1 heteroatoms. The normalized spacial score (nSPS) is 11.2. The fourth-order valence-corrected chi connectivity index (χ4v) is 3.56. The molecule has 0 radical (unpaired) electrons. The smallest absolute Gasteiger partial charge is 0.0342 e. The van der Waals surface area contributed by atoms with E-state index in [1.54, 1.807) is 11.3 Å². The second-order valence-electron chi connectivity index (χ2n) is 5.11. The lowest BCUT2D eigenvalue weighted by Crippen LogP contribution is -1.89. The third-order valence-corrected chi connectivity index (χ3v) is 4.69. The zero-order valence-corrected chi connectivity index (χ0v) is 11.9. The Labute approximate surface area is 122 Å². The summed E-state index contributed by atoms with van der Waals surface area (Å²) in [6.45, 7) is 0. The second kappa shape index (κ2) is 4.77. The highest BCUT2D eigenvalue weighted by Crippen LogP contribution is 2.25. The van der Waals surface area contributed by atoms with Crippen LogP contribution in [0.25, 0.3) is 20.9 Å². The molecule has 20 heavy (non-hydrogen) atoms. The van der Waals surface area contributed by atoms with Crippen molar-refractivity contribution in [3.8, 4) is 0 Å². The number of hydrogen-bond donors (Lipinski definition) is 0. The average Bonchev–Trinajstić information content (AvgIpc) is 2.95. The Hall–Kier alpha value is -2.12. The van der Waals surface area contributed by atoms with Crippen LogP contribution in [0.3, 0.4) is 0 Å². The van der Waals surface area contributed by atoms with Gasteiger partial charge >= 0.3 is 0 Å². The molecule has 1 aromatic heterocycles. The summed E-state index contributed by atoms with van der Waals surface area (Å²) in [5.41, 5.74) is 2.78. The van der Waals surface area contributed by atoms with E-state index < -0.39 is 0 Å². The Balaban J connectivity index is 1.80. The molecule has 0 saturated heterocycles. The quantitative estimate of drug-likeness (QED) is 0.443. The van der Waals surface area contributed by atoms with Crippen LogP contribution in [0.5, 0.6) is 0 Å². The van der Waals surface area contributed by atoms with E-state index in [2.05, 4.69) is 72.1 Å². The predicted molar refractivity (Wildman–Crippen MR) is 88.6 cm³/mol. The van der Waals surface area contributed by atoms with Gasteiger partial charge in [0.25, 0.3) is 0 Å². The van der Waals surface area contributed by atoms with Crippen LogP contribution >= 0.6 is 11.3 Å². The van der Waals surface area contributed by atoms with E-state index in [0.717, 1.165) is 6.42 Å². The van der Waals surface area contributed by atoms with Gasteiger partial charge in [-0.2, -0.15) is 0 Å². The van der Waals surface area contributed by atoms with Gasteiger partial charge < -0.3 is 0 Å². The largest absolute Gasteiger partial charge is 0.144 e. The Bertz CT molecular complexity index is 881. The highest BCUT2D eigenvalue weighted by molar-refractivity contribution is 7.17. The highest BCUT2D eigenvalue weighted by atomic mass is 32.1. The number of fused-ring (bicyclic) bond motifs is 2. The molecule has 3 aromatic carbocycles. The average molecular weight is 274 g/mol. The molecule has 4 rings (SSSR count). The summed E-state index contributed by atoms with van der Waals surface area (Å²) in [4.78, 5) is 0. The van der Waals surface area contributed by atoms with Gasteiger partial charge in [0, 0.05) is 4.70 Å². The first-order chi connectivity index (χ1) is 9.90. The van der Waals surface area contributed by atoms with Crippen LogP contribution in [0.4, 0.5) is 0 Å². The van der Waals surface area contributed by atoms with Gasteiger partial charge in [-0.1, -0.05) is 48.5 Å². The van der Waals surface area contributed by atoms with Crippen LogP contribution < -0.4 is 0 Å². The van der Waals surface area contributed by atoms with Crippen molar-refractivity contribution < 1.29 is 0 Å². The van der Waals surface area contributed by atoms with Gasteiger partial charge in [0.15, 0.2) is 0 Å². The molecule has 0 N–H and O–H groups in total. The molecule has 96 valence electrons. The summed E-state index contributed by atoms with van der Waals surface area (Å²) in [5.74, 6) is 0. The van der Waals surface area contributed by atoms with Crippen LogP contribution in [0.1, 0.15) is 11.1 Å². The van der Waals surface area contributed by atoms with Crippen molar-refractivity contribution in [2.45, 2.75) is 6.42 Å². The molecule has 0 amide bonds. The fraction of sp³-hybridized carbons (Fsp3) is 0.0526. The fourth-order valence-electron chi connectivity index (χ4n) is 2.79. The maximum absolute atomic E-state index is 2.31. The minimum atomic E-state index is 0.993. The molecule has 0 atom stereocenters. The predicted octanol–water partition coefficient (Wildman–Crippen LogP) is 5.65. The van der Waals surface area contributed by atoms with E-state index >= 15 is 0 Å². The topological polar surface area (TPSA) is 0 Å². The number of benzene rings is 3. The molecule has 1 heterocycles. The zero-order chi connectivity index (χ0) is 13.4. The maximum atomic E-state index is 2.31. The van der Waals surface area contributed by atoms with Crippen LogP contribution in [0.2, 0.25) is 0 Å². The van der Waals surface area contributed by atoms with Crippen molar-refractivity contribution >= 4 is 32.2 Å². The summed E-state index contributed by atoms with van der Waals surface area (Å²) in [5, 5.41) is 6.20. The second-order valence-corrected chi connectivity index (χ2v) is 6.06. The number of hydrogen-bond acceptors (Lipinski definition) is 1. The molecular formula is C19H14S. The van der Waals surface area contributed by atoms with Crippen LogP contribution in [-0.2, 0) is 6.42 Å². The summed E-state index contributed by atoms with van der Waals surface area (Å²) in [6, 6.07) is 24.2. The third kappa shape index (κ3) is 2.00. The minimum Gasteiger partial charge on any atom is -0.144 e. The zero-order valence-electron chi connectivity index (χ0n) is 11.0. The molecule has 0 aliphatic rings. The lowest BCUT2D eigenvalue weighted by atomic mass is 9.98. The first-order valence-electron chi connectivity index (χ1n) is 6.83. The molecule has 4 aromatic rings. The SMILES string of the molecule is c1ccc2c(Cc3ccc4sccc4c3)cccc2c1. The van der Waals surface area contributed by atoms with Crippen molar-refractivity contribution in [2.24, 2.45) is 0 Å². The van der Waals surface area contributed by atoms with Crippen LogP contribution in [-0.4, -0.2) is 0 Å². The van der Waals surface area contributed by atoms with Crippen molar-refractivity contribution in [1.82, 2.24) is 0 Å². The Morgan fingerprint density at radius 2 is 1.65 bits per heavy atom. The monoisotopic (exact) mass is 274 g/mol. The van der Waals surface area contributed by atoms with E-state index in [-0.39, 0.29) is 0 Å². The minimum absolute atomic E-state index is 0.993. The van der Waals surface area contributed by atoms with Gasteiger partial charge in [0.05, 0.1) is 0 Å². The molecule has 0 nitrogen and oxygen atoms in total. The summed E-state index contributed by atoms with van der Waals surface area (Å²) in [7, 11) is 0. The van der Waals surface area contributed by atoms with Gasteiger partial charge in [-0.15, -0.1) is 11.3 Å². The first-order valence-corrected chi connectivity index (χ1v) is 7.71. The summed E-state index contributed by atoms with van der Waals surface area (Å²) >= 11 is 1.80. The van der Waals surface area contributed by atoms with Gasteiger partial charge in [-0.05, 0) is 57.3 Å². The Morgan fingerprint density at radius 1 is 0.750 bits per heavy atom. The van der Waals surface area contributed by atoms with Gasteiger partial charge in [0.1, 0.15) is 0 Å². The van der Waals surface area contributed by atoms with Crippen molar-refractivity contribution in [3.05, 3.63) is 83.2 Å². The molecular weight excluding hydrogens is 260 g/mol. The van der Waals surface area contributed by atoms with Crippen molar-refractivity contribution in [3.63, 3.8) is 0 Å². The van der Waals surface area contributed by atoms with E-state index in [1.165, 1.54) is 32.0 Å².